The van der Waals surface area contributed by atoms with E-state index in [0.717, 1.165) is 17.0 Å². The molecule has 174 valence electrons. The van der Waals surface area contributed by atoms with Gasteiger partial charge in [0.1, 0.15) is 6.54 Å². The molecule has 0 radical (unpaired) electrons. The number of imide groups is 1. The van der Waals surface area contributed by atoms with Crippen molar-refractivity contribution in [2.75, 3.05) is 16.3 Å². The van der Waals surface area contributed by atoms with Gasteiger partial charge in [-0.2, -0.15) is 0 Å². The van der Waals surface area contributed by atoms with Gasteiger partial charge in [0.2, 0.25) is 11.8 Å². The van der Waals surface area contributed by atoms with Gasteiger partial charge in [-0.1, -0.05) is 48.9 Å². The van der Waals surface area contributed by atoms with Crippen LogP contribution in [0.5, 0.6) is 0 Å². The summed E-state index contributed by atoms with van der Waals surface area (Å²) in [6.45, 7) is -0.372. The van der Waals surface area contributed by atoms with Crippen LogP contribution in [0.3, 0.4) is 0 Å². The topological polar surface area (TPSA) is 78.0 Å². The summed E-state index contributed by atoms with van der Waals surface area (Å²) in [6, 6.07) is 23.1. The van der Waals surface area contributed by atoms with Crippen LogP contribution in [0.2, 0.25) is 0 Å². The van der Waals surface area contributed by atoms with Crippen LogP contribution in [0.1, 0.15) is 40.0 Å². The average Bonchev–Trinajstić information content (AvgIpc) is 3.43. The maximum Gasteiger partial charge on any atom is 0.262 e. The van der Waals surface area contributed by atoms with Crippen LogP contribution in [0.25, 0.3) is 0 Å². The van der Waals surface area contributed by atoms with E-state index in [1.54, 1.807) is 34.1 Å². The minimum Gasteiger partial charge on any atom is -0.305 e. The van der Waals surface area contributed by atoms with Gasteiger partial charge in [0.25, 0.3) is 11.8 Å². The van der Waals surface area contributed by atoms with E-state index in [1.165, 1.54) is 0 Å². The molecule has 7 heteroatoms. The predicted molar refractivity (Wildman–Crippen MR) is 130 cm³/mol. The molecule has 3 aliphatic rings. The molecule has 1 fully saturated rings. The number of hydrogen-bond donors (Lipinski definition) is 0. The molecule has 3 aromatic carbocycles. The zero-order valence-corrected chi connectivity index (χ0v) is 19.0. The second-order valence-electron chi connectivity index (χ2n) is 9.11. The second kappa shape index (κ2) is 8.20. The van der Waals surface area contributed by atoms with Gasteiger partial charge in [-0.15, -0.1) is 0 Å². The van der Waals surface area contributed by atoms with E-state index >= 15 is 0 Å². The van der Waals surface area contributed by atoms with Gasteiger partial charge in [0, 0.05) is 11.7 Å². The molecular weight excluding hydrogens is 442 g/mol. The van der Waals surface area contributed by atoms with Gasteiger partial charge in [-0.3, -0.25) is 29.0 Å². The van der Waals surface area contributed by atoms with Crippen molar-refractivity contribution in [1.82, 2.24) is 4.90 Å². The molecule has 7 nitrogen and oxygen atoms in total. The van der Waals surface area contributed by atoms with E-state index in [1.807, 2.05) is 54.6 Å². The van der Waals surface area contributed by atoms with Crippen LogP contribution in [0.15, 0.2) is 78.9 Å². The Morgan fingerprint density at radius 3 is 2.03 bits per heavy atom. The molecule has 2 heterocycles. The smallest absolute Gasteiger partial charge is 0.262 e. The molecule has 35 heavy (non-hydrogen) atoms. The van der Waals surface area contributed by atoms with E-state index in [2.05, 4.69) is 0 Å². The van der Waals surface area contributed by atoms with Crippen LogP contribution in [0.4, 0.5) is 17.1 Å². The van der Waals surface area contributed by atoms with Crippen molar-refractivity contribution in [2.24, 2.45) is 5.92 Å². The van der Waals surface area contributed by atoms with Crippen LogP contribution >= 0.6 is 0 Å². The summed E-state index contributed by atoms with van der Waals surface area (Å²) >= 11 is 0. The van der Waals surface area contributed by atoms with Crippen molar-refractivity contribution in [2.45, 2.75) is 25.3 Å². The number of nitrogens with zero attached hydrogens (tertiary/aromatic N) is 3. The predicted octanol–water partition coefficient (Wildman–Crippen LogP) is 4.16. The van der Waals surface area contributed by atoms with Crippen molar-refractivity contribution < 1.29 is 19.2 Å². The zero-order chi connectivity index (χ0) is 24.1. The number of anilines is 3. The molecule has 0 bridgehead atoms. The lowest BCUT2D eigenvalue weighted by Gasteiger charge is -2.31. The summed E-state index contributed by atoms with van der Waals surface area (Å²) in [6.07, 6.45) is 2.18. The molecule has 2 aliphatic heterocycles. The van der Waals surface area contributed by atoms with Gasteiger partial charge in [0.05, 0.1) is 28.4 Å². The molecule has 0 spiro atoms. The first-order valence-corrected chi connectivity index (χ1v) is 11.8. The Morgan fingerprint density at radius 1 is 0.743 bits per heavy atom. The first-order chi connectivity index (χ1) is 17.1. The normalized spacial score (nSPS) is 21.0. The molecule has 2 atom stereocenters. The molecular formula is C28H23N3O4. The van der Waals surface area contributed by atoms with E-state index in [4.69, 9.17) is 0 Å². The summed E-state index contributed by atoms with van der Waals surface area (Å²) in [5.41, 5.74) is 2.59. The van der Waals surface area contributed by atoms with Crippen LogP contribution in [0, 0.1) is 5.92 Å². The van der Waals surface area contributed by atoms with Gasteiger partial charge in [0.15, 0.2) is 0 Å². The summed E-state index contributed by atoms with van der Waals surface area (Å²) in [7, 11) is 0. The first kappa shape index (κ1) is 21.3. The highest BCUT2D eigenvalue weighted by atomic mass is 16.2. The van der Waals surface area contributed by atoms with E-state index < -0.39 is 11.8 Å². The molecule has 0 aromatic heterocycles. The lowest BCUT2D eigenvalue weighted by atomic mass is 10.0. The Balaban J connectivity index is 1.41. The third-order valence-corrected chi connectivity index (χ3v) is 7.19. The number of amides is 4. The highest BCUT2D eigenvalue weighted by Crippen LogP contribution is 2.45. The maximum absolute atomic E-state index is 13.9. The number of rotatable bonds is 3. The SMILES string of the molecule is O=C1c2ccccc2C(=O)N1CC(=O)N1c2ccccc2N(c2ccccc2)C(=O)C2CCCC21. The Morgan fingerprint density at radius 2 is 1.34 bits per heavy atom. The first-order valence-electron chi connectivity index (χ1n) is 11.8. The molecule has 6 rings (SSSR count). The fourth-order valence-corrected chi connectivity index (χ4v) is 5.61. The standard InChI is InChI=1S/C28H23N3O4/c32-25(17-29-26(33)19-11-4-5-12-20(19)27(29)34)31-22-16-8-13-21(22)28(35)30(18-9-2-1-3-10-18)23-14-6-7-15-24(23)31/h1-7,9-12,14-15,21-22H,8,13,16-17H2. The highest BCUT2D eigenvalue weighted by molar-refractivity contribution is 6.23. The lowest BCUT2D eigenvalue weighted by Crippen LogP contribution is -2.49. The average molecular weight is 466 g/mol. The molecule has 1 aliphatic carbocycles. The van der Waals surface area contributed by atoms with Gasteiger partial charge < -0.3 is 4.90 Å². The largest absolute Gasteiger partial charge is 0.305 e. The summed E-state index contributed by atoms with van der Waals surface area (Å²) in [5.74, 6) is -1.71. The maximum atomic E-state index is 13.9. The molecule has 4 amide bonds. The van der Waals surface area contributed by atoms with E-state index in [-0.39, 0.29) is 30.3 Å². The number of hydrogen-bond acceptors (Lipinski definition) is 4. The minimum atomic E-state index is -0.466. The molecule has 0 saturated heterocycles. The zero-order valence-electron chi connectivity index (χ0n) is 19.0. The highest BCUT2D eigenvalue weighted by Gasteiger charge is 2.47. The Hall–Kier alpha value is -4.26. The third kappa shape index (κ3) is 3.26. The molecule has 0 N–H and O–H groups in total. The van der Waals surface area contributed by atoms with Gasteiger partial charge in [-0.05, 0) is 49.2 Å². The van der Waals surface area contributed by atoms with Gasteiger partial charge in [-0.25, -0.2) is 0 Å². The number of para-hydroxylation sites is 3. The Kier molecular flexibility index (Phi) is 4.99. The third-order valence-electron chi connectivity index (χ3n) is 7.19. The monoisotopic (exact) mass is 465 g/mol. The van der Waals surface area contributed by atoms with E-state index in [0.29, 0.717) is 35.3 Å². The van der Waals surface area contributed by atoms with Crippen molar-refractivity contribution in [3.05, 3.63) is 90.0 Å². The number of carbonyl (C=O) groups excluding carboxylic acids is 4. The van der Waals surface area contributed by atoms with Crippen LogP contribution in [-0.4, -0.2) is 41.1 Å². The number of carbonyl (C=O) groups is 4. The quantitative estimate of drug-likeness (QED) is 0.544. The fourth-order valence-electron chi connectivity index (χ4n) is 5.61. The summed E-state index contributed by atoms with van der Waals surface area (Å²) in [4.78, 5) is 57.9. The fraction of sp³-hybridized carbons (Fsp3) is 0.214. The Labute approximate surface area is 202 Å². The van der Waals surface area contributed by atoms with Crippen LogP contribution in [-0.2, 0) is 9.59 Å². The number of fused-ring (bicyclic) bond motifs is 3. The molecule has 2 unspecified atom stereocenters. The summed E-state index contributed by atoms with van der Waals surface area (Å²) < 4.78 is 0. The molecule has 3 aromatic rings. The van der Waals surface area contributed by atoms with Crippen molar-refractivity contribution >= 4 is 40.7 Å². The number of benzene rings is 3. The molecule has 1 saturated carbocycles. The van der Waals surface area contributed by atoms with Crippen molar-refractivity contribution in [1.29, 1.82) is 0 Å². The van der Waals surface area contributed by atoms with Crippen LogP contribution < -0.4 is 9.80 Å². The van der Waals surface area contributed by atoms with Crippen molar-refractivity contribution in [3.8, 4) is 0 Å². The van der Waals surface area contributed by atoms with Gasteiger partial charge >= 0.3 is 0 Å². The minimum absolute atomic E-state index is 0.0396. The Bertz CT molecular complexity index is 1330. The van der Waals surface area contributed by atoms with E-state index in [9.17, 15) is 19.2 Å². The lowest BCUT2D eigenvalue weighted by molar-refractivity contribution is -0.122. The second-order valence-corrected chi connectivity index (χ2v) is 9.11. The summed E-state index contributed by atoms with van der Waals surface area (Å²) in [5, 5.41) is 0. The van der Waals surface area contributed by atoms with Crippen molar-refractivity contribution in [3.63, 3.8) is 0 Å².